The van der Waals surface area contributed by atoms with Gasteiger partial charge in [0.2, 0.25) is 15.9 Å². The van der Waals surface area contributed by atoms with Crippen LogP contribution in [-0.2, 0) is 20.4 Å². The number of benzene rings is 2. The van der Waals surface area contributed by atoms with Crippen LogP contribution in [0.2, 0.25) is 0 Å². The van der Waals surface area contributed by atoms with Gasteiger partial charge in [-0.05, 0) is 80.6 Å². The van der Waals surface area contributed by atoms with Gasteiger partial charge in [0.15, 0.2) is 0 Å². The Balaban J connectivity index is 1.46. The Morgan fingerprint density at radius 2 is 1.79 bits per heavy atom. The number of nitrogens with one attached hydrogen (secondary N) is 2. The van der Waals surface area contributed by atoms with Crippen molar-refractivity contribution in [3.8, 4) is 5.69 Å². The lowest BCUT2D eigenvalue weighted by molar-refractivity contribution is -0.114. The minimum atomic E-state index is -3.77. The van der Waals surface area contributed by atoms with Crippen molar-refractivity contribution < 1.29 is 13.2 Å². The molecule has 0 unspecified atom stereocenters. The average molecular weight is 479 g/mol. The summed E-state index contributed by atoms with van der Waals surface area (Å²) in [6, 6.07) is 13.5. The van der Waals surface area contributed by atoms with Gasteiger partial charge in [-0.1, -0.05) is 12.1 Å². The summed E-state index contributed by atoms with van der Waals surface area (Å²) in [6.45, 7) is 8.26. The molecule has 3 heterocycles. The summed E-state index contributed by atoms with van der Waals surface area (Å²) in [6.07, 6.45) is 3.38. The largest absolute Gasteiger partial charge is 0.372 e. The van der Waals surface area contributed by atoms with E-state index in [-0.39, 0.29) is 16.3 Å². The summed E-state index contributed by atoms with van der Waals surface area (Å²) < 4.78 is 31.1. The highest BCUT2D eigenvalue weighted by atomic mass is 32.2. The molecule has 0 atom stereocenters. The Morgan fingerprint density at radius 3 is 2.50 bits per heavy atom. The molecular formula is C26H30N4O3S. The molecule has 1 aromatic heterocycles. The topological polar surface area (TPSA) is 83.4 Å². The summed E-state index contributed by atoms with van der Waals surface area (Å²) in [5, 5.41) is 6.45. The van der Waals surface area contributed by atoms with E-state index in [9.17, 15) is 13.2 Å². The number of amides is 1. The number of hydrogen-bond acceptors (Lipinski definition) is 4. The standard InChI is InChI=1S/C26H30N4O3S/c1-17-7-9-21(27-20(4)31)23(16-17)34(32,33)29-14-11-26(12-15-29)24-6-5-13-30(24)25-19(3)18(2)8-10-22(25)28-26/h5-10,13,16,28H,11-12,14-15H2,1-4H3,(H,27,31). The second-order valence-electron chi connectivity index (χ2n) is 9.46. The van der Waals surface area contributed by atoms with E-state index in [0.29, 0.717) is 31.6 Å². The number of fused-ring (bicyclic) bond motifs is 4. The van der Waals surface area contributed by atoms with Crippen LogP contribution in [-0.4, -0.2) is 36.3 Å². The van der Waals surface area contributed by atoms with Gasteiger partial charge in [0.05, 0.1) is 22.6 Å². The SMILES string of the molecule is CC(=O)Nc1ccc(C)cc1S(=O)(=O)N1CCC2(CC1)Nc1ccc(C)c(C)c1-n1cccc12. The number of aromatic nitrogens is 1. The van der Waals surface area contributed by atoms with Crippen LogP contribution in [0.5, 0.6) is 0 Å². The number of hydrogen-bond donors (Lipinski definition) is 2. The van der Waals surface area contributed by atoms with Crippen molar-refractivity contribution in [2.24, 2.45) is 0 Å². The van der Waals surface area contributed by atoms with Gasteiger partial charge >= 0.3 is 0 Å². The van der Waals surface area contributed by atoms with Gasteiger partial charge in [-0.15, -0.1) is 0 Å². The van der Waals surface area contributed by atoms with Crippen molar-refractivity contribution in [3.63, 3.8) is 0 Å². The molecule has 178 valence electrons. The van der Waals surface area contributed by atoms with Crippen LogP contribution < -0.4 is 10.6 Å². The van der Waals surface area contributed by atoms with E-state index in [2.05, 4.69) is 59.5 Å². The van der Waals surface area contributed by atoms with E-state index >= 15 is 0 Å². The third-order valence-electron chi connectivity index (χ3n) is 7.20. The fraction of sp³-hybridized carbons (Fsp3) is 0.346. The molecule has 1 amide bonds. The van der Waals surface area contributed by atoms with E-state index in [1.807, 2.05) is 6.92 Å². The maximum atomic E-state index is 13.6. The summed E-state index contributed by atoms with van der Waals surface area (Å²) in [7, 11) is -3.77. The van der Waals surface area contributed by atoms with Crippen LogP contribution in [0.1, 0.15) is 42.1 Å². The highest BCUT2D eigenvalue weighted by Crippen LogP contribution is 2.45. The summed E-state index contributed by atoms with van der Waals surface area (Å²) in [4.78, 5) is 11.8. The van der Waals surface area contributed by atoms with Gasteiger partial charge in [0, 0.05) is 31.9 Å². The molecule has 2 N–H and O–H groups in total. The number of carbonyl (C=O) groups excluding carboxylic acids is 1. The lowest BCUT2D eigenvalue weighted by Crippen LogP contribution is -2.51. The number of nitrogens with zero attached hydrogens (tertiary/aromatic N) is 2. The highest BCUT2D eigenvalue weighted by molar-refractivity contribution is 7.89. The first-order valence-electron chi connectivity index (χ1n) is 11.6. The molecule has 1 spiro atoms. The van der Waals surface area contributed by atoms with Gasteiger partial charge in [-0.3, -0.25) is 4.79 Å². The molecule has 2 aliphatic heterocycles. The Hall–Kier alpha value is -3.10. The van der Waals surface area contributed by atoms with Gasteiger partial charge in [-0.25, -0.2) is 8.42 Å². The van der Waals surface area contributed by atoms with Crippen LogP contribution in [0.15, 0.2) is 53.6 Å². The quantitative estimate of drug-likeness (QED) is 0.582. The smallest absolute Gasteiger partial charge is 0.245 e. The number of sulfonamides is 1. The molecule has 1 fully saturated rings. The van der Waals surface area contributed by atoms with Crippen molar-refractivity contribution in [2.45, 2.75) is 51.0 Å². The van der Waals surface area contributed by atoms with E-state index in [1.54, 1.807) is 22.5 Å². The second-order valence-corrected chi connectivity index (χ2v) is 11.4. The van der Waals surface area contributed by atoms with Crippen molar-refractivity contribution in [1.82, 2.24) is 8.87 Å². The Bertz CT molecular complexity index is 1400. The molecule has 2 aromatic carbocycles. The monoisotopic (exact) mass is 478 g/mol. The number of piperidine rings is 1. The molecule has 8 heteroatoms. The molecule has 0 radical (unpaired) electrons. The van der Waals surface area contributed by atoms with Gasteiger partial charge in [0.1, 0.15) is 4.90 Å². The molecule has 2 aliphatic rings. The van der Waals surface area contributed by atoms with E-state index in [1.165, 1.54) is 29.4 Å². The lowest BCUT2D eigenvalue weighted by atomic mass is 9.82. The predicted molar refractivity (Wildman–Crippen MR) is 134 cm³/mol. The lowest BCUT2D eigenvalue weighted by Gasteiger charge is -2.46. The third-order valence-corrected chi connectivity index (χ3v) is 9.14. The molecule has 34 heavy (non-hydrogen) atoms. The number of anilines is 2. The summed E-state index contributed by atoms with van der Waals surface area (Å²) >= 11 is 0. The molecule has 0 bridgehead atoms. The van der Waals surface area contributed by atoms with Gasteiger partial charge in [0.25, 0.3) is 0 Å². The van der Waals surface area contributed by atoms with Crippen LogP contribution in [0.3, 0.4) is 0 Å². The van der Waals surface area contributed by atoms with Crippen LogP contribution in [0.25, 0.3) is 5.69 Å². The van der Waals surface area contributed by atoms with Gasteiger partial charge < -0.3 is 15.2 Å². The number of carbonyl (C=O) groups is 1. The number of rotatable bonds is 3. The minimum absolute atomic E-state index is 0.148. The summed E-state index contributed by atoms with van der Waals surface area (Å²) in [5.74, 6) is -0.297. The van der Waals surface area contributed by atoms with Gasteiger partial charge in [-0.2, -0.15) is 4.31 Å². The zero-order valence-electron chi connectivity index (χ0n) is 20.0. The van der Waals surface area contributed by atoms with E-state index < -0.39 is 10.0 Å². The van der Waals surface area contributed by atoms with E-state index in [4.69, 9.17) is 0 Å². The first-order valence-corrected chi connectivity index (χ1v) is 13.0. The van der Waals surface area contributed by atoms with E-state index in [0.717, 1.165) is 11.3 Å². The molecular weight excluding hydrogens is 448 g/mol. The Morgan fingerprint density at radius 1 is 1.06 bits per heavy atom. The highest BCUT2D eigenvalue weighted by Gasteiger charge is 2.44. The maximum Gasteiger partial charge on any atom is 0.245 e. The van der Waals surface area contributed by atoms with Crippen LogP contribution in [0, 0.1) is 20.8 Å². The molecule has 1 saturated heterocycles. The zero-order valence-corrected chi connectivity index (χ0v) is 20.8. The fourth-order valence-corrected chi connectivity index (χ4v) is 6.94. The number of aryl methyl sites for hydroxylation is 2. The third kappa shape index (κ3) is 3.52. The van der Waals surface area contributed by atoms with Crippen molar-refractivity contribution in [1.29, 1.82) is 0 Å². The summed E-state index contributed by atoms with van der Waals surface area (Å²) in [5.41, 5.74) is 6.71. The molecule has 7 nitrogen and oxygen atoms in total. The van der Waals surface area contributed by atoms with Crippen molar-refractivity contribution >= 4 is 27.3 Å². The molecule has 0 aliphatic carbocycles. The predicted octanol–water partition coefficient (Wildman–Crippen LogP) is 4.47. The molecule has 5 rings (SSSR count). The second kappa shape index (κ2) is 7.99. The minimum Gasteiger partial charge on any atom is -0.372 e. The Kier molecular flexibility index (Phi) is 5.33. The maximum absolute atomic E-state index is 13.6. The van der Waals surface area contributed by atoms with Crippen molar-refractivity contribution in [3.05, 3.63) is 71.0 Å². The van der Waals surface area contributed by atoms with Crippen LogP contribution in [0.4, 0.5) is 11.4 Å². The van der Waals surface area contributed by atoms with Crippen LogP contribution >= 0.6 is 0 Å². The van der Waals surface area contributed by atoms with Crippen molar-refractivity contribution in [2.75, 3.05) is 23.7 Å². The normalized spacial score (nSPS) is 17.1. The first kappa shape index (κ1) is 22.7. The average Bonchev–Trinajstić information content (AvgIpc) is 3.29. The first-order chi connectivity index (χ1) is 16.1. The molecule has 3 aromatic rings. The molecule has 0 saturated carbocycles. The zero-order chi connectivity index (χ0) is 24.3. The Labute approximate surface area is 200 Å². The fourth-order valence-electron chi connectivity index (χ4n) is 5.26.